The smallest absolute Gasteiger partial charge is 0.410 e. The number of halogens is 3. The van der Waals surface area contributed by atoms with Gasteiger partial charge in [-0.15, -0.1) is 0 Å². The van der Waals surface area contributed by atoms with Gasteiger partial charge >= 0.3 is 12.3 Å². The minimum Gasteiger partial charge on any atom is -0.477 e. The SMILES string of the molecule is Cc1cccc(C)c1-c1cc2nc(n1)NS(=O)(=O)c1cccc(c1)C(C1CC3(C1)CC(N(C)C(=O)OC(C)C)C3)[C@H](CC1(C(F)(F)F)CC1)CO2. The lowest BCUT2D eigenvalue weighted by Gasteiger charge is -2.61. The number of nitrogens with zero attached hydrogens (tertiary/aromatic N) is 3. The third-order valence-corrected chi connectivity index (χ3v) is 13.0. The fraction of sp³-hybridized carbons (Fsp3) is 0.553. The summed E-state index contributed by atoms with van der Waals surface area (Å²) in [7, 11) is -2.43. The van der Waals surface area contributed by atoms with Gasteiger partial charge in [0, 0.05) is 30.6 Å². The van der Waals surface area contributed by atoms with Crippen molar-refractivity contribution < 1.29 is 35.9 Å². The van der Waals surface area contributed by atoms with Gasteiger partial charge in [0.05, 0.1) is 28.7 Å². The number of carbonyl (C=O) groups is 1. The molecule has 2 atom stereocenters. The maximum absolute atomic E-state index is 14.6. The molecule has 4 bridgehead atoms. The molecule has 1 N–H and O–H groups in total. The van der Waals surface area contributed by atoms with Gasteiger partial charge in [0.15, 0.2) is 0 Å². The molecule has 3 aromatic rings. The summed E-state index contributed by atoms with van der Waals surface area (Å²) >= 11 is 0. The number of amides is 1. The molecule has 13 heteroatoms. The van der Waals surface area contributed by atoms with Crippen LogP contribution >= 0.6 is 0 Å². The van der Waals surface area contributed by atoms with Crippen LogP contribution in [0.15, 0.2) is 53.4 Å². The zero-order valence-electron chi connectivity index (χ0n) is 29.6. The Morgan fingerprint density at radius 1 is 1.04 bits per heavy atom. The standard InChI is InChI=1S/C38H45F3N4O5S/c1-22(2)50-35(46)45(5)28-19-36(20-28)16-26(17-36)33-25-10-7-11-29(14-25)51(47,48)44-34-42-30(32-23(3)8-6-9-24(32)4)15-31(43-34)49-21-27(33)18-37(12-13-37)38(39,40)41/h6-11,14-15,22,26-28,33H,12-13,16-21H2,1-5H3,(H,42,43,44)/t26?,27-,28?,33?,36?/m1/s1. The van der Waals surface area contributed by atoms with Gasteiger partial charge in [-0.05, 0) is 119 Å². The number of aryl methyl sites for hydroxylation is 2. The summed E-state index contributed by atoms with van der Waals surface area (Å²) in [6, 6.07) is 14.0. The van der Waals surface area contributed by atoms with E-state index in [0.29, 0.717) is 11.3 Å². The Hall–Kier alpha value is -3.87. The average molecular weight is 727 g/mol. The number of hydrogen-bond donors (Lipinski definition) is 1. The van der Waals surface area contributed by atoms with E-state index in [9.17, 15) is 26.4 Å². The molecule has 2 heterocycles. The topological polar surface area (TPSA) is 111 Å². The highest BCUT2D eigenvalue weighted by Gasteiger charge is 2.65. The van der Waals surface area contributed by atoms with E-state index in [2.05, 4.69) is 14.7 Å². The van der Waals surface area contributed by atoms with Gasteiger partial charge < -0.3 is 14.4 Å². The molecule has 2 aromatic carbocycles. The molecule has 1 unspecified atom stereocenters. The number of alkyl halides is 3. The van der Waals surface area contributed by atoms with E-state index < -0.39 is 33.5 Å². The van der Waals surface area contributed by atoms with Crippen LogP contribution in [0.1, 0.15) is 81.4 Å². The first-order valence-corrected chi connectivity index (χ1v) is 19.2. The lowest BCUT2D eigenvalue weighted by Crippen LogP contribution is -2.58. The largest absolute Gasteiger partial charge is 0.477 e. The molecule has 4 aliphatic rings. The monoisotopic (exact) mass is 726 g/mol. The average Bonchev–Trinajstić information content (AvgIpc) is 3.80. The predicted molar refractivity (Wildman–Crippen MR) is 186 cm³/mol. The van der Waals surface area contributed by atoms with Crippen LogP contribution in [0.5, 0.6) is 5.88 Å². The number of nitrogens with one attached hydrogen (secondary N) is 1. The summed E-state index contributed by atoms with van der Waals surface area (Å²) in [6.45, 7) is 7.44. The first-order valence-electron chi connectivity index (χ1n) is 17.7. The Bertz CT molecular complexity index is 1910. The molecule has 51 heavy (non-hydrogen) atoms. The van der Waals surface area contributed by atoms with Crippen molar-refractivity contribution in [3.8, 4) is 17.1 Å². The van der Waals surface area contributed by atoms with E-state index in [1.54, 1.807) is 30.1 Å². The number of carbonyl (C=O) groups excluding carboxylic acids is 1. The number of rotatable bonds is 6. The van der Waals surface area contributed by atoms with Gasteiger partial charge in [0.2, 0.25) is 11.8 Å². The summed E-state index contributed by atoms with van der Waals surface area (Å²) < 4.78 is 85.7. The summed E-state index contributed by atoms with van der Waals surface area (Å²) in [5.74, 6) is -1.07. The second-order valence-electron chi connectivity index (χ2n) is 15.7. The predicted octanol–water partition coefficient (Wildman–Crippen LogP) is 8.42. The fourth-order valence-electron chi connectivity index (χ4n) is 8.91. The van der Waals surface area contributed by atoms with Crippen LogP contribution in [0.4, 0.5) is 23.9 Å². The van der Waals surface area contributed by atoms with Crippen molar-refractivity contribution in [1.82, 2.24) is 14.9 Å². The molecule has 9 nitrogen and oxygen atoms in total. The second kappa shape index (κ2) is 12.7. The lowest BCUT2D eigenvalue weighted by molar-refractivity contribution is -0.194. The number of benzene rings is 2. The van der Waals surface area contributed by atoms with E-state index in [-0.39, 0.29) is 72.2 Å². The highest BCUT2D eigenvalue weighted by Crippen LogP contribution is 2.67. The van der Waals surface area contributed by atoms with Gasteiger partial charge in [-0.1, -0.05) is 30.3 Å². The molecule has 274 valence electrons. The Balaban J connectivity index is 1.24. The zero-order valence-corrected chi connectivity index (χ0v) is 30.4. The Morgan fingerprint density at radius 2 is 1.71 bits per heavy atom. The Labute approximate surface area is 297 Å². The van der Waals surface area contributed by atoms with Crippen LogP contribution < -0.4 is 9.46 Å². The number of sulfonamides is 1. The van der Waals surface area contributed by atoms with Crippen LogP contribution in [0.3, 0.4) is 0 Å². The molecule has 1 aliphatic heterocycles. The number of aromatic nitrogens is 2. The van der Waals surface area contributed by atoms with Crippen molar-refractivity contribution in [2.45, 2.75) is 102 Å². The van der Waals surface area contributed by atoms with Crippen molar-refractivity contribution in [2.75, 3.05) is 18.4 Å². The van der Waals surface area contributed by atoms with Gasteiger partial charge in [0.25, 0.3) is 10.0 Å². The van der Waals surface area contributed by atoms with Gasteiger partial charge in [-0.3, -0.25) is 0 Å². The number of ether oxygens (including phenoxy) is 2. The molecule has 1 spiro atoms. The molecular weight excluding hydrogens is 682 g/mol. The van der Waals surface area contributed by atoms with E-state index in [1.807, 2.05) is 52.0 Å². The molecule has 3 aliphatic carbocycles. The molecule has 0 saturated heterocycles. The Kier molecular flexibility index (Phi) is 8.82. The minimum atomic E-state index is -4.37. The maximum atomic E-state index is 14.6. The van der Waals surface area contributed by atoms with Crippen molar-refractivity contribution in [3.63, 3.8) is 0 Å². The molecular formula is C38H45F3N4O5S. The van der Waals surface area contributed by atoms with E-state index in [0.717, 1.165) is 42.4 Å². The van der Waals surface area contributed by atoms with E-state index in [1.165, 1.54) is 6.07 Å². The first kappa shape index (κ1) is 35.5. The van der Waals surface area contributed by atoms with E-state index >= 15 is 0 Å². The second-order valence-corrected chi connectivity index (χ2v) is 17.4. The quantitative estimate of drug-likeness (QED) is 0.272. The van der Waals surface area contributed by atoms with Gasteiger partial charge in [-0.2, -0.15) is 18.2 Å². The maximum Gasteiger partial charge on any atom is 0.410 e. The van der Waals surface area contributed by atoms with Crippen molar-refractivity contribution >= 4 is 22.1 Å². The number of hydrogen-bond acceptors (Lipinski definition) is 7. The molecule has 3 saturated carbocycles. The van der Waals surface area contributed by atoms with Crippen molar-refractivity contribution in [3.05, 3.63) is 65.2 Å². The first-order chi connectivity index (χ1) is 24.0. The molecule has 7 rings (SSSR count). The highest BCUT2D eigenvalue weighted by atomic mass is 32.2. The lowest BCUT2D eigenvalue weighted by atomic mass is 9.46. The number of anilines is 1. The molecule has 1 aromatic heterocycles. The molecule has 0 radical (unpaired) electrons. The van der Waals surface area contributed by atoms with Crippen LogP contribution in [0.2, 0.25) is 0 Å². The zero-order chi connectivity index (χ0) is 36.5. The van der Waals surface area contributed by atoms with E-state index in [4.69, 9.17) is 9.47 Å². The summed E-state index contributed by atoms with van der Waals surface area (Å²) in [5.41, 5.74) is 1.94. The third kappa shape index (κ3) is 6.78. The van der Waals surface area contributed by atoms with Crippen LogP contribution in [0, 0.1) is 36.5 Å². The van der Waals surface area contributed by atoms with Crippen molar-refractivity contribution in [1.29, 1.82) is 0 Å². The molecule has 3 fully saturated rings. The fourth-order valence-corrected chi connectivity index (χ4v) is 9.91. The van der Waals surface area contributed by atoms with Gasteiger partial charge in [0.1, 0.15) is 0 Å². The van der Waals surface area contributed by atoms with Crippen LogP contribution in [-0.2, 0) is 14.8 Å². The summed E-state index contributed by atoms with van der Waals surface area (Å²) in [4.78, 5) is 23.1. The van der Waals surface area contributed by atoms with Crippen molar-refractivity contribution in [2.24, 2.45) is 22.7 Å². The summed E-state index contributed by atoms with van der Waals surface area (Å²) in [5, 5.41) is 0. The van der Waals surface area contributed by atoms with Crippen LogP contribution in [-0.4, -0.2) is 61.4 Å². The van der Waals surface area contributed by atoms with Gasteiger partial charge in [-0.25, -0.2) is 22.9 Å². The minimum absolute atomic E-state index is 0.00324. The Morgan fingerprint density at radius 3 is 2.33 bits per heavy atom. The third-order valence-electron chi connectivity index (χ3n) is 11.7. The van der Waals surface area contributed by atoms with Crippen LogP contribution in [0.25, 0.3) is 11.3 Å². The number of fused-ring (bicyclic) bond motifs is 4. The highest BCUT2D eigenvalue weighted by molar-refractivity contribution is 7.92. The molecule has 1 amide bonds. The normalized spacial score (nSPS) is 27.5. The summed E-state index contributed by atoms with van der Waals surface area (Å²) in [6.07, 6.45) is -1.87.